The number of Topliss-reactive ketones (excluding diaryl/α,β-unsaturated/α-hetero) is 1. The van der Waals surface area contributed by atoms with Gasteiger partial charge in [0.1, 0.15) is 11.4 Å². The fraction of sp³-hybridized carbons (Fsp3) is 0.323. The predicted molar refractivity (Wildman–Crippen MR) is 138 cm³/mol. The Kier molecular flexibility index (Phi) is 15.4. The van der Waals surface area contributed by atoms with Crippen LogP contribution in [-0.2, 0) is 19.1 Å². The monoisotopic (exact) mass is 473 g/mol. The lowest BCUT2D eigenvalue weighted by Crippen LogP contribution is -2.33. The highest BCUT2D eigenvalue weighted by molar-refractivity contribution is 5.85. The van der Waals surface area contributed by atoms with Gasteiger partial charge in [0.25, 0.3) is 0 Å². The molecular formula is C31H23NO4. The average molecular weight is 474 g/mol. The third-order valence-electron chi connectivity index (χ3n) is 3.53. The van der Waals surface area contributed by atoms with Crippen molar-refractivity contribution in [1.82, 2.24) is 4.90 Å². The largest absolute Gasteiger partial charge is 0.460 e. The molecule has 0 radical (unpaired) electrons. The van der Waals surface area contributed by atoms with E-state index in [1.54, 1.807) is 20.8 Å². The molecule has 0 rings (SSSR count). The van der Waals surface area contributed by atoms with Gasteiger partial charge in [-0.25, -0.2) is 0 Å². The Hall–Kier alpha value is -5.35. The number of nitrogens with zero attached hydrogens (tertiary/aromatic N) is 1. The topological polar surface area (TPSA) is 63.7 Å². The molecule has 0 fully saturated rings. The predicted octanol–water partition coefficient (Wildman–Crippen LogP) is 1.78. The molecule has 5 nitrogen and oxygen atoms in total. The van der Waals surface area contributed by atoms with Gasteiger partial charge in [0.05, 0.1) is 6.42 Å². The first-order valence-electron chi connectivity index (χ1n) is 10.5. The Balaban J connectivity index is 5.03. The summed E-state index contributed by atoms with van der Waals surface area (Å²) in [6, 6.07) is 2.57. The summed E-state index contributed by atoms with van der Waals surface area (Å²) in [5.74, 6) is 37.2. The van der Waals surface area contributed by atoms with Crippen molar-refractivity contribution in [3.63, 3.8) is 0 Å². The minimum absolute atomic E-state index is 0.0752. The lowest BCUT2D eigenvalue weighted by atomic mass is 9.96. The molecule has 176 valence electrons. The quantitative estimate of drug-likeness (QED) is 0.335. The van der Waals surface area contributed by atoms with Crippen LogP contribution in [0.5, 0.6) is 0 Å². The number of ether oxygens (including phenoxy) is 1. The Bertz CT molecular complexity index is 1400. The zero-order valence-corrected chi connectivity index (χ0v) is 20.9. The summed E-state index contributed by atoms with van der Waals surface area (Å²) in [5.41, 5.74) is -0.674. The van der Waals surface area contributed by atoms with Crippen LogP contribution >= 0.6 is 0 Å². The third-order valence-corrected chi connectivity index (χ3v) is 3.53. The number of rotatable bonds is 6. The summed E-state index contributed by atoms with van der Waals surface area (Å²) in [4.78, 5) is 37.4. The second-order valence-electron chi connectivity index (χ2n) is 7.76. The molecule has 0 bridgehead atoms. The van der Waals surface area contributed by atoms with Crippen molar-refractivity contribution in [2.75, 3.05) is 7.05 Å². The normalized spacial score (nSPS) is 8.56. The molecule has 0 aromatic carbocycles. The van der Waals surface area contributed by atoms with Crippen LogP contribution in [0.25, 0.3) is 0 Å². The van der Waals surface area contributed by atoms with E-state index in [2.05, 4.69) is 101 Å². The van der Waals surface area contributed by atoms with Crippen LogP contribution in [0.3, 0.4) is 0 Å². The van der Waals surface area contributed by atoms with Crippen molar-refractivity contribution < 1.29 is 19.1 Å². The van der Waals surface area contributed by atoms with Gasteiger partial charge in [0, 0.05) is 72.8 Å². The lowest BCUT2D eigenvalue weighted by molar-refractivity contribution is -0.158. The van der Waals surface area contributed by atoms with E-state index in [0.29, 0.717) is 0 Å². The fourth-order valence-electron chi connectivity index (χ4n) is 2.16. The molecule has 0 aromatic rings. The van der Waals surface area contributed by atoms with Gasteiger partial charge in [-0.05, 0) is 81.5 Å². The van der Waals surface area contributed by atoms with E-state index < -0.39 is 23.4 Å². The molecule has 0 heterocycles. The van der Waals surface area contributed by atoms with Gasteiger partial charge in [-0.1, -0.05) is 0 Å². The minimum Gasteiger partial charge on any atom is -0.460 e. The Morgan fingerprint density at radius 3 is 1.58 bits per heavy atom. The number of hydrogen-bond acceptors (Lipinski definition) is 4. The van der Waals surface area contributed by atoms with Crippen LogP contribution in [0, 0.1) is 113 Å². The van der Waals surface area contributed by atoms with Crippen molar-refractivity contribution in [3.05, 3.63) is 0 Å². The van der Waals surface area contributed by atoms with Crippen molar-refractivity contribution in [1.29, 1.82) is 0 Å². The SMILES string of the molecule is C#CC#CC#CC#CC#CC#CC#CC#CC#CN(C)C(=O)C(CCC(C)=O)CC(=O)OC(C)(C)C. The fourth-order valence-corrected chi connectivity index (χ4v) is 2.16. The van der Waals surface area contributed by atoms with Crippen molar-refractivity contribution in [3.8, 4) is 107 Å². The maximum atomic E-state index is 12.7. The number of ketones is 1. The van der Waals surface area contributed by atoms with E-state index in [4.69, 9.17) is 11.2 Å². The van der Waals surface area contributed by atoms with E-state index in [0.717, 1.165) is 4.90 Å². The van der Waals surface area contributed by atoms with Crippen LogP contribution in [0.15, 0.2) is 0 Å². The molecular weight excluding hydrogens is 450 g/mol. The number of hydrogen-bond donors (Lipinski definition) is 0. The van der Waals surface area contributed by atoms with Gasteiger partial charge in [0.15, 0.2) is 0 Å². The number of carbonyl (C=O) groups is 3. The Labute approximate surface area is 214 Å². The average Bonchev–Trinajstić information content (AvgIpc) is 2.79. The molecule has 5 heteroatoms. The molecule has 0 saturated heterocycles. The van der Waals surface area contributed by atoms with E-state index in [1.807, 2.05) is 0 Å². The van der Waals surface area contributed by atoms with Crippen molar-refractivity contribution >= 4 is 17.7 Å². The molecule has 0 aliphatic carbocycles. The van der Waals surface area contributed by atoms with Gasteiger partial charge in [0.2, 0.25) is 5.91 Å². The highest BCUT2D eigenvalue weighted by Gasteiger charge is 2.27. The van der Waals surface area contributed by atoms with E-state index in [-0.39, 0.29) is 25.0 Å². The number of esters is 1. The Morgan fingerprint density at radius 1 is 0.778 bits per heavy atom. The second kappa shape index (κ2) is 18.1. The highest BCUT2D eigenvalue weighted by Crippen LogP contribution is 2.18. The minimum atomic E-state index is -0.731. The molecule has 1 amide bonds. The molecule has 0 aromatic heterocycles. The van der Waals surface area contributed by atoms with Crippen LogP contribution in [0.4, 0.5) is 0 Å². The summed E-state index contributed by atoms with van der Waals surface area (Å²) < 4.78 is 5.29. The molecule has 0 N–H and O–H groups in total. The maximum absolute atomic E-state index is 12.7. The molecule has 1 atom stereocenters. The first kappa shape index (κ1) is 30.6. The van der Waals surface area contributed by atoms with Gasteiger partial charge in [-0.2, -0.15) is 0 Å². The standard InChI is InChI=1S/C31H23NO4/c1-7-8-9-10-11-12-13-14-15-16-17-18-19-20-21-22-25-32(6)30(35)28(24-23-27(2)33)26-29(34)36-31(3,4)5/h1,28H,23-24,26H2,2-6H3. The van der Waals surface area contributed by atoms with Crippen LogP contribution < -0.4 is 0 Å². The van der Waals surface area contributed by atoms with Crippen LogP contribution in [0.1, 0.15) is 47.0 Å². The zero-order chi connectivity index (χ0) is 27.2. The van der Waals surface area contributed by atoms with Gasteiger partial charge < -0.3 is 9.53 Å². The third kappa shape index (κ3) is 18.2. The molecule has 0 aliphatic rings. The Morgan fingerprint density at radius 2 is 1.19 bits per heavy atom. The maximum Gasteiger partial charge on any atom is 0.307 e. The first-order chi connectivity index (χ1) is 17.1. The van der Waals surface area contributed by atoms with Gasteiger partial charge in [-0.3, -0.25) is 14.5 Å². The van der Waals surface area contributed by atoms with Crippen LogP contribution in [0.2, 0.25) is 0 Å². The lowest BCUT2D eigenvalue weighted by Gasteiger charge is -2.23. The molecule has 36 heavy (non-hydrogen) atoms. The summed E-state index contributed by atoms with van der Waals surface area (Å²) >= 11 is 0. The smallest absolute Gasteiger partial charge is 0.307 e. The number of carbonyl (C=O) groups excluding carboxylic acids is 3. The highest BCUT2D eigenvalue weighted by atomic mass is 16.6. The molecule has 0 spiro atoms. The molecule has 0 aliphatic heterocycles. The molecule has 0 saturated carbocycles. The van der Waals surface area contributed by atoms with E-state index >= 15 is 0 Å². The summed E-state index contributed by atoms with van der Waals surface area (Å²) in [7, 11) is 1.46. The van der Waals surface area contributed by atoms with Gasteiger partial charge in [-0.15, -0.1) is 6.42 Å². The van der Waals surface area contributed by atoms with E-state index in [1.165, 1.54) is 14.0 Å². The van der Waals surface area contributed by atoms with Crippen molar-refractivity contribution in [2.45, 2.75) is 52.6 Å². The van der Waals surface area contributed by atoms with Crippen LogP contribution in [-0.4, -0.2) is 35.2 Å². The van der Waals surface area contributed by atoms with Crippen molar-refractivity contribution in [2.24, 2.45) is 5.92 Å². The summed E-state index contributed by atoms with van der Waals surface area (Å²) in [6.45, 7) is 6.64. The zero-order valence-electron chi connectivity index (χ0n) is 20.9. The van der Waals surface area contributed by atoms with E-state index in [9.17, 15) is 14.4 Å². The van der Waals surface area contributed by atoms with Gasteiger partial charge >= 0.3 is 5.97 Å². The summed E-state index contributed by atoms with van der Waals surface area (Å²) in [6.07, 6.45) is 5.18. The second-order valence-corrected chi connectivity index (χ2v) is 7.76. The number of amides is 1. The summed E-state index contributed by atoms with van der Waals surface area (Å²) in [5, 5.41) is 0. The number of terminal acetylenes is 1. The first-order valence-corrected chi connectivity index (χ1v) is 10.5. The molecule has 1 unspecified atom stereocenters.